The Balaban J connectivity index is 3.31. The summed E-state index contributed by atoms with van der Waals surface area (Å²) in [7, 11) is 1.56. The van der Waals surface area contributed by atoms with E-state index in [0.29, 0.717) is 10.1 Å². The van der Waals surface area contributed by atoms with Crippen LogP contribution in [-0.2, 0) is 17.8 Å². The van der Waals surface area contributed by atoms with Crippen molar-refractivity contribution in [2.75, 3.05) is 7.11 Å². The molecule has 1 unspecified atom stereocenters. The molecule has 0 spiro atoms. The van der Waals surface area contributed by atoms with Crippen LogP contribution in [0.1, 0.15) is 13.8 Å². The molecule has 1 aromatic heterocycles. The van der Waals surface area contributed by atoms with Crippen LogP contribution in [0.25, 0.3) is 0 Å². The van der Waals surface area contributed by atoms with Gasteiger partial charge < -0.3 is 4.74 Å². The summed E-state index contributed by atoms with van der Waals surface area (Å²) in [5, 5.41) is 0. The maximum atomic E-state index is 11.9. The molecule has 1 aromatic rings. The van der Waals surface area contributed by atoms with Crippen LogP contribution in [0.5, 0.6) is 0 Å². The normalized spacial score (nSPS) is 12.8. The van der Waals surface area contributed by atoms with Crippen molar-refractivity contribution in [3.63, 3.8) is 0 Å². The maximum absolute atomic E-state index is 11.9. The van der Waals surface area contributed by atoms with Crippen LogP contribution in [0.3, 0.4) is 0 Å². The molecular formula is C10H15IN2O3. The molecule has 0 aromatic carbocycles. The Labute approximate surface area is 107 Å². The summed E-state index contributed by atoms with van der Waals surface area (Å²) >= 11 is 1.94. The van der Waals surface area contributed by atoms with E-state index in [4.69, 9.17) is 4.74 Å². The predicted octanol–water partition coefficient (Wildman–Crippen LogP) is 0.669. The topological polar surface area (TPSA) is 53.2 Å². The maximum Gasteiger partial charge on any atom is 0.331 e. The quantitative estimate of drug-likeness (QED) is 0.759. The lowest BCUT2D eigenvalue weighted by atomic mass is 10.4. The standard InChI is InChI=1S/C10H15IN2O3/c1-4-12-6-8(11)9(14)13(10(12)15)5-7(2)16-3/h6-7H,4-5H2,1-3H3. The molecule has 0 radical (unpaired) electrons. The lowest BCUT2D eigenvalue weighted by Gasteiger charge is -2.13. The zero-order chi connectivity index (χ0) is 12.3. The number of aryl methyl sites for hydroxylation is 1. The van der Waals surface area contributed by atoms with Crippen molar-refractivity contribution < 1.29 is 4.74 Å². The van der Waals surface area contributed by atoms with Crippen LogP contribution in [-0.4, -0.2) is 22.3 Å². The number of aromatic nitrogens is 2. The number of hydrogen-bond donors (Lipinski definition) is 0. The largest absolute Gasteiger partial charge is 0.380 e. The van der Waals surface area contributed by atoms with Gasteiger partial charge in [0.05, 0.1) is 16.2 Å². The molecule has 0 saturated heterocycles. The van der Waals surface area contributed by atoms with Gasteiger partial charge in [0, 0.05) is 19.9 Å². The smallest absolute Gasteiger partial charge is 0.331 e. The first-order valence-electron chi connectivity index (χ1n) is 5.03. The zero-order valence-electron chi connectivity index (χ0n) is 9.57. The van der Waals surface area contributed by atoms with Crippen LogP contribution >= 0.6 is 22.6 Å². The number of halogens is 1. The molecule has 0 aliphatic heterocycles. The van der Waals surface area contributed by atoms with Crippen molar-refractivity contribution in [1.29, 1.82) is 0 Å². The number of nitrogens with zero attached hydrogens (tertiary/aromatic N) is 2. The van der Waals surface area contributed by atoms with Gasteiger partial charge in [-0.3, -0.25) is 13.9 Å². The molecule has 5 nitrogen and oxygen atoms in total. The van der Waals surface area contributed by atoms with Crippen molar-refractivity contribution in [2.45, 2.75) is 33.0 Å². The summed E-state index contributed by atoms with van der Waals surface area (Å²) < 4.78 is 8.35. The second kappa shape index (κ2) is 5.62. The van der Waals surface area contributed by atoms with Gasteiger partial charge in [0.15, 0.2) is 0 Å². The van der Waals surface area contributed by atoms with Crippen molar-refractivity contribution >= 4 is 22.6 Å². The molecule has 0 saturated carbocycles. The van der Waals surface area contributed by atoms with E-state index in [1.807, 2.05) is 36.4 Å². The van der Waals surface area contributed by atoms with Crippen LogP contribution in [0.15, 0.2) is 15.8 Å². The molecule has 1 atom stereocenters. The van der Waals surface area contributed by atoms with E-state index in [0.717, 1.165) is 0 Å². The Morgan fingerprint density at radius 3 is 2.62 bits per heavy atom. The van der Waals surface area contributed by atoms with E-state index in [9.17, 15) is 9.59 Å². The first-order chi connectivity index (χ1) is 7.51. The summed E-state index contributed by atoms with van der Waals surface area (Å²) in [5.74, 6) is 0. The van der Waals surface area contributed by atoms with Crippen molar-refractivity contribution in [3.8, 4) is 0 Å². The minimum atomic E-state index is -0.281. The van der Waals surface area contributed by atoms with Gasteiger partial charge in [-0.2, -0.15) is 0 Å². The third-order valence-corrected chi connectivity index (χ3v) is 3.12. The van der Waals surface area contributed by atoms with Gasteiger partial charge in [-0.05, 0) is 36.4 Å². The monoisotopic (exact) mass is 338 g/mol. The second-order valence-electron chi connectivity index (χ2n) is 3.51. The van der Waals surface area contributed by atoms with Gasteiger partial charge in [0.1, 0.15) is 0 Å². The molecule has 6 heteroatoms. The highest BCUT2D eigenvalue weighted by Crippen LogP contribution is 1.96. The molecule has 0 fully saturated rings. The highest BCUT2D eigenvalue weighted by atomic mass is 127. The molecule has 1 heterocycles. The number of hydrogen-bond acceptors (Lipinski definition) is 3. The fourth-order valence-electron chi connectivity index (χ4n) is 1.34. The highest BCUT2D eigenvalue weighted by molar-refractivity contribution is 14.1. The minimum absolute atomic E-state index is 0.158. The molecule has 1 rings (SSSR count). The average Bonchev–Trinajstić information content (AvgIpc) is 2.28. The van der Waals surface area contributed by atoms with Crippen molar-refractivity contribution in [2.24, 2.45) is 0 Å². The van der Waals surface area contributed by atoms with Crippen LogP contribution < -0.4 is 11.2 Å². The summed E-state index contributed by atoms with van der Waals surface area (Å²) in [4.78, 5) is 23.7. The molecule has 0 N–H and O–H groups in total. The lowest BCUT2D eigenvalue weighted by molar-refractivity contribution is 0.100. The molecule has 0 aliphatic carbocycles. The Hall–Kier alpha value is -0.630. The Bertz CT molecular complexity index is 478. The Morgan fingerprint density at radius 1 is 1.50 bits per heavy atom. The molecule has 0 amide bonds. The molecule has 0 aliphatic rings. The van der Waals surface area contributed by atoms with Gasteiger partial charge in [0.2, 0.25) is 0 Å². The number of ether oxygens (including phenoxy) is 1. The molecule has 16 heavy (non-hydrogen) atoms. The fourth-order valence-corrected chi connectivity index (χ4v) is 1.96. The average molecular weight is 338 g/mol. The number of methoxy groups -OCH3 is 1. The van der Waals surface area contributed by atoms with Gasteiger partial charge in [-0.1, -0.05) is 0 Å². The highest BCUT2D eigenvalue weighted by Gasteiger charge is 2.11. The van der Waals surface area contributed by atoms with Gasteiger partial charge >= 0.3 is 5.69 Å². The van der Waals surface area contributed by atoms with E-state index in [1.165, 1.54) is 9.13 Å². The third-order valence-electron chi connectivity index (χ3n) is 2.38. The van der Waals surface area contributed by atoms with E-state index < -0.39 is 0 Å². The molecule has 90 valence electrons. The molecular weight excluding hydrogens is 323 g/mol. The zero-order valence-corrected chi connectivity index (χ0v) is 11.7. The first kappa shape index (κ1) is 13.4. The predicted molar refractivity (Wildman–Crippen MR) is 69.8 cm³/mol. The number of rotatable bonds is 4. The van der Waals surface area contributed by atoms with Crippen molar-refractivity contribution in [1.82, 2.24) is 9.13 Å². The second-order valence-corrected chi connectivity index (χ2v) is 4.67. The van der Waals surface area contributed by atoms with E-state index in [2.05, 4.69) is 0 Å². The van der Waals surface area contributed by atoms with Gasteiger partial charge in [0.25, 0.3) is 5.56 Å². The van der Waals surface area contributed by atoms with Gasteiger partial charge in [-0.15, -0.1) is 0 Å². The van der Waals surface area contributed by atoms with Crippen molar-refractivity contribution in [3.05, 3.63) is 30.6 Å². The fraction of sp³-hybridized carbons (Fsp3) is 0.600. The minimum Gasteiger partial charge on any atom is -0.380 e. The summed E-state index contributed by atoms with van der Waals surface area (Å²) in [6, 6.07) is 0. The molecule has 0 bridgehead atoms. The lowest BCUT2D eigenvalue weighted by Crippen LogP contribution is -2.42. The summed E-state index contributed by atoms with van der Waals surface area (Å²) in [6.45, 7) is 4.52. The first-order valence-corrected chi connectivity index (χ1v) is 6.11. The summed E-state index contributed by atoms with van der Waals surface area (Å²) in [5.41, 5.74) is -0.531. The Kier molecular flexibility index (Phi) is 4.72. The SMILES string of the molecule is CCn1cc(I)c(=O)n(CC(C)OC)c1=O. The van der Waals surface area contributed by atoms with Crippen LogP contribution in [0.4, 0.5) is 0 Å². The van der Waals surface area contributed by atoms with Crippen LogP contribution in [0, 0.1) is 3.57 Å². The van der Waals surface area contributed by atoms with Crippen LogP contribution in [0.2, 0.25) is 0 Å². The van der Waals surface area contributed by atoms with E-state index in [-0.39, 0.29) is 23.9 Å². The summed E-state index contributed by atoms with van der Waals surface area (Å²) in [6.07, 6.45) is 1.42. The third kappa shape index (κ3) is 2.73. The van der Waals surface area contributed by atoms with E-state index >= 15 is 0 Å². The van der Waals surface area contributed by atoms with Gasteiger partial charge in [-0.25, -0.2) is 4.79 Å². The van der Waals surface area contributed by atoms with E-state index in [1.54, 1.807) is 13.3 Å². The Morgan fingerprint density at radius 2 is 2.12 bits per heavy atom.